The molecule has 0 aromatic heterocycles. The lowest BCUT2D eigenvalue weighted by Gasteiger charge is -2.24. The summed E-state index contributed by atoms with van der Waals surface area (Å²) in [6, 6.07) is 5.14. The van der Waals surface area contributed by atoms with Crippen LogP contribution in [0.4, 0.5) is 0 Å². The van der Waals surface area contributed by atoms with E-state index in [0.29, 0.717) is 23.7 Å². The summed E-state index contributed by atoms with van der Waals surface area (Å²) in [6.07, 6.45) is 2.00. The second-order valence-corrected chi connectivity index (χ2v) is 4.31. The fourth-order valence-electron chi connectivity index (χ4n) is 1.97. The first-order chi connectivity index (χ1) is 9.24. The summed E-state index contributed by atoms with van der Waals surface area (Å²) < 4.78 is 16.5. The molecule has 0 aliphatic carbocycles. The first kappa shape index (κ1) is 13.5. The number of oxime groups is 1. The maximum absolute atomic E-state index is 8.66. The van der Waals surface area contributed by atoms with Crippen LogP contribution in [0.3, 0.4) is 0 Å². The summed E-state index contributed by atoms with van der Waals surface area (Å²) in [7, 11) is 1.55. The fraction of sp³-hybridized carbons (Fsp3) is 0.462. The van der Waals surface area contributed by atoms with Crippen LogP contribution < -0.4 is 15.2 Å². The molecule has 0 saturated carbocycles. The number of hydrogen-bond acceptors (Lipinski definition) is 5. The number of hydrogen-bond donors (Lipinski definition) is 2. The highest BCUT2D eigenvalue weighted by atomic mass is 16.5. The molecular formula is C13H18N2O4. The van der Waals surface area contributed by atoms with Gasteiger partial charge in [0.15, 0.2) is 17.3 Å². The highest BCUT2D eigenvalue weighted by Gasteiger charge is 2.18. The molecule has 3 N–H and O–H groups in total. The van der Waals surface area contributed by atoms with Crippen LogP contribution in [0, 0.1) is 0 Å². The Bertz CT molecular complexity index is 456. The summed E-state index contributed by atoms with van der Waals surface area (Å²) >= 11 is 0. The molecule has 0 amide bonds. The van der Waals surface area contributed by atoms with Crippen molar-refractivity contribution in [2.24, 2.45) is 10.9 Å². The molecule has 19 heavy (non-hydrogen) atoms. The average molecular weight is 266 g/mol. The van der Waals surface area contributed by atoms with E-state index in [4.69, 9.17) is 25.2 Å². The molecule has 1 unspecified atom stereocenters. The summed E-state index contributed by atoms with van der Waals surface area (Å²) in [4.78, 5) is 0. The van der Waals surface area contributed by atoms with Crippen molar-refractivity contribution in [1.82, 2.24) is 0 Å². The third-order valence-electron chi connectivity index (χ3n) is 2.98. The second-order valence-electron chi connectivity index (χ2n) is 4.31. The van der Waals surface area contributed by atoms with Gasteiger partial charge in [0.2, 0.25) is 0 Å². The maximum Gasteiger partial charge on any atom is 0.170 e. The molecular weight excluding hydrogens is 248 g/mol. The van der Waals surface area contributed by atoms with Gasteiger partial charge in [0.25, 0.3) is 0 Å². The number of amidine groups is 1. The summed E-state index contributed by atoms with van der Waals surface area (Å²) in [5, 5.41) is 11.6. The lowest BCUT2D eigenvalue weighted by Crippen LogP contribution is -2.28. The van der Waals surface area contributed by atoms with Gasteiger partial charge >= 0.3 is 0 Å². The molecule has 0 radical (unpaired) electrons. The molecule has 0 spiro atoms. The Morgan fingerprint density at radius 3 is 2.95 bits per heavy atom. The van der Waals surface area contributed by atoms with Gasteiger partial charge in [-0.15, -0.1) is 0 Å². The van der Waals surface area contributed by atoms with E-state index in [0.717, 1.165) is 19.4 Å². The van der Waals surface area contributed by atoms with Crippen LogP contribution in [0.2, 0.25) is 0 Å². The summed E-state index contributed by atoms with van der Waals surface area (Å²) in [5.74, 6) is 1.22. The van der Waals surface area contributed by atoms with E-state index in [9.17, 15) is 0 Å². The maximum atomic E-state index is 8.66. The number of methoxy groups -OCH3 is 1. The van der Waals surface area contributed by atoms with Crippen LogP contribution in [0.1, 0.15) is 18.4 Å². The topological polar surface area (TPSA) is 86.3 Å². The summed E-state index contributed by atoms with van der Waals surface area (Å²) in [5.41, 5.74) is 6.11. The molecule has 1 fully saturated rings. The Morgan fingerprint density at radius 1 is 1.47 bits per heavy atom. The van der Waals surface area contributed by atoms with Crippen molar-refractivity contribution < 1.29 is 19.4 Å². The predicted octanol–water partition coefficient (Wildman–Crippen LogP) is 1.35. The smallest absolute Gasteiger partial charge is 0.170 e. The molecule has 1 atom stereocenters. The van der Waals surface area contributed by atoms with Crippen LogP contribution in [-0.4, -0.2) is 37.5 Å². The molecule has 1 aromatic carbocycles. The van der Waals surface area contributed by atoms with Crippen molar-refractivity contribution in [1.29, 1.82) is 0 Å². The largest absolute Gasteiger partial charge is 0.493 e. The third-order valence-corrected chi connectivity index (χ3v) is 2.98. The van der Waals surface area contributed by atoms with Crippen molar-refractivity contribution in [3.8, 4) is 11.5 Å². The van der Waals surface area contributed by atoms with E-state index >= 15 is 0 Å². The van der Waals surface area contributed by atoms with Crippen LogP contribution in [-0.2, 0) is 4.74 Å². The standard InChI is InChI=1S/C13H18N2O4/c1-17-12-7-9(13(14)15-16)4-5-11(12)19-10-3-2-6-18-8-10/h4-5,7,10,16H,2-3,6,8H2,1H3,(H2,14,15). The quantitative estimate of drug-likeness (QED) is 0.372. The van der Waals surface area contributed by atoms with Crippen LogP contribution in [0.5, 0.6) is 11.5 Å². The number of rotatable bonds is 4. The van der Waals surface area contributed by atoms with Gasteiger partial charge in [-0.25, -0.2) is 0 Å². The van der Waals surface area contributed by atoms with Gasteiger partial charge < -0.3 is 25.2 Å². The first-order valence-electron chi connectivity index (χ1n) is 6.15. The average Bonchev–Trinajstić information content (AvgIpc) is 2.48. The SMILES string of the molecule is COc1cc(/C(N)=N/O)ccc1OC1CCCOC1. The minimum Gasteiger partial charge on any atom is -0.493 e. The first-order valence-corrected chi connectivity index (χ1v) is 6.15. The van der Waals surface area contributed by atoms with E-state index < -0.39 is 0 Å². The zero-order chi connectivity index (χ0) is 13.7. The van der Waals surface area contributed by atoms with Gasteiger partial charge in [-0.05, 0) is 31.0 Å². The van der Waals surface area contributed by atoms with Crippen molar-refractivity contribution in [3.05, 3.63) is 23.8 Å². The molecule has 1 aliphatic heterocycles. The Hall–Kier alpha value is -1.95. The molecule has 6 heteroatoms. The molecule has 1 aromatic rings. The molecule has 0 bridgehead atoms. The molecule has 104 valence electrons. The minimum atomic E-state index is 0.0332. The van der Waals surface area contributed by atoms with Crippen molar-refractivity contribution in [2.75, 3.05) is 20.3 Å². The van der Waals surface area contributed by atoms with Gasteiger partial charge in [0.1, 0.15) is 6.10 Å². The van der Waals surface area contributed by atoms with Gasteiger partial charge in [-0.2, -0.15) is 0 Å². The number of ether oxygens (including phenoxy) is 3. The zero-order valence-corrected chi connectivity index (χ0v) is 10.8. The van der Waals surface area contributed by atoms with Crippen molar-refractivity contribution in [2.45, 2.75) is 18.9 Å². The highest BCUT2D eigenvalue weighted by Crippen LogP contribution is 2.30. The predicted molar refractivity (Wildman–Crippen MR) is 70.0 cm³/mol. The number of benzene rings is 1. The molecule has 1 aliphatic rings. The lowest BCUT2D eigenvalue weighted by atomic mass is 10.1. The lowest BCUT2D eigenvalue weighted by molar-refractivity contribution is 0.00644. The highest BCUT2D eigenvalue weighted by molar-refractivity contribution is 5.97. The van der Waals surface area contributed by atoms with Gasteiger partial charge in [-0.3, -0.25) is 0 Å². The van der Waals surface area contributed by atoms with Crippen molar-refractivity contribution in [3.63, 3.8) is 0 Å². The molecule has 6 nitrogen and oxygen atoms in total. The zero-order valence-electron chi connectivity index (χ0n) is 10.8. The van der Waals surface area contributed by atoms with E-state index in [1.807, 2.05) is 0 Å². The van der Waals surface area contributed by atoms with Crippen LogP contribution in [0.15, 0.2) is 23.4 Å². The van der Waals surface area contributed by atoms with E-state index in [1.165, 1.54) is 0 Å². The van der Waals surface area contributed by atoms with Crippen molar-refractivity contribution >= 4 is 5.84 Å². The molecule has 1 heterocycles. The number of nitrogens with zero attached hydrogens (tertiary/aromatic N) is 1. The second kappa shape index (κ2) is 6.29. The van der Waals surface area contributed by atoms with E-state index in [1.54, 1.807) is 25.3 Å². The minimum absolute atomic E-state index is 0.0332. The molecule has 1 saturated heterocycles. The number of nitrogens with two attached hydrogens (primary N) is 1. The Kier molecular flexibility index (Phi) is 4.46. The normalized spacial score (nSPS) is 20.1. The van der Waals surface area contributed by atoms with Crippen LogP contribution >= 0.6 is 0 Å². The molecule has 2 rings (SSSR count). The Labute approximate surface area is 111 Å². The Morgan fingerprint density at radius 2 is 2.32 bits per heavy atom. The monoisotopic (exact) mass is 266 g/mol. The van der Waals surface area contributed by atoms with Crippen LogP contribution in [0.25, 0.3) is 0 Å². The van der Waals surface area contributed by atoms with E-state index in [2.05, 4.69) is 5.16 Å². The fourth-order valence-corrected chi connectivity index (χ4v) is 1.97. The summed E-state index contributed by atoms with van der Waals surface area (Å²) in [6.45, 7) is 1.38. The van der Waals surface area contributed by atoms with E-state index in [-0.39, 0.29) is 11.9 Å². The third kappa shape index (κ3) is 3.29. The van der Waals surface area contributed by atoms with Gasteiger partial charge in [0.05, 0.1) is 13.7 Å². The Balaban J connectivity index is 2.15. The van der Waals surface area contributed by atoms with Gasteiger partial charge in [0, 0.05) is 12.2 Å². The van der Waals surface area contributed by atoms with Gasteiger partial charge in [-0.1, -0.05) is 5.16 Å².